The Morgan fingerprint density at radius 3 is 2.53 bits per heavy atom. The second-order valence-electron chi connectivity index (χ2n) is 4.35. The van der Waals surface area contributed by atoms with Crippen LogP contribution in [0.25, 0.3) is 0 Å². The molecule has 0 bridgehead atoms. The van der Waals surface area contributed by atoms with Gasteiger partial charge in [0.15, 0.2) is 0 Å². The third-order valence-corrected chi connectivity index (χ3v) is 2.93. The Morgan fingerprint density at radius 2 is 1.95 bits per heavy atom. The van der Waals surface area contributed by atoms with E-state index in [4.69, 9.17) is 14.2 Å². The summed E-state index contributed by atoms with van der Waals surface area (Å²) in [5.74, 6) is 1.52. The Hall–Kier alpha value is -1.30. The molecule has 0 spiro atoms. The van der Waals surface area contributed by atoms with Gasteiger partial charge < -0.3 is 24.6 Å². The first-order chi connectivity index (χ1) is 9.12. The molecule has 1 aromatic rings. The van der Waals surface area contributed by atoms with Crippen LogP contribution in [0.1, 0.15) is 18.5 Å². The predicted octanol–water partition coefficient (Wildman–Crippen LogP) is 1.36. The standard InChI is InChI=1S/C14H23NO4/c1-10(15-8-11(16)9-17-2)13-6-5-12(18-3)7-14(13)19-4/h5-7,10-11,15-16H,8-9H2,1-4H3. The van der Waals surface area contributed by atoms with Gasteiger partial charge in [0.2, 0.25) is 0 Å². The van der Waals surface area contributed by atoms with Gasteiger partial charge in [-0.15, -0.1) is 0 Å². The molecular formula is C14H23NO4. The van der Waals surface area contributed by atoms with E-state index < -0.39 is 6.10 Å². The summed E-state index contributed by atoms with van der Waals surface area (Å²) in [6, 6.07) is 5.76. The lowest BCUT2D eigenvalue weighted by Gasteiger charge is -2.19. The van der Waals surface area contributed by atoms with Crippen molar-refractivity contribution in [3.8, 4) is 11.5 Å². The summed E-state index contributed by atoms with van der Waals surface area (Å²) in [4.78, 5) is 0. The van der Waals surface area contributed by atoms with Crippen molar-refractivity contribution in [2.24, 2.45) is 0 Å². The van der Waals surface area contributed by atoms with Gasteiger partial charge in [0.05, 0.1) is 26.9 Å². The summed E-state index contributed by atoms with van der Waals surface area (Å²) in [5, 5.41) is 12.9. The molecule has 0 aliphatic heterocycles. The molecule has 2 unspecified atom stereocenters. The highest BCUT2D eigenvalue weighted by molar-refractivity contribution is 5.42. The molecule has 2 N–H and O–H groups in total. The smallest absolute Gasteiger partial charge is 0.127 e. The van der Waals surface area contributed by atoms with E-state index in [2.05, 4.69) is 5.32 Å². The summed E-state index contributed by atoms with van der Waals surface area (Å²) < 4.78 is 15.4. The van der Waals surface area contributed by atoms with Gasteiger partial charge in [-0.3, -0.25) is 0 Å². The number of methoxy groups -OCH3 is 3. The topological polar surface area (TPSA) is 60.0 Å². The maximum Gasteiger partial charge on any atom is 0.127 e. The molecule has 0 saturated carbocycles. The first kappa shape index (κ1) is 15.8. The van der Waals surface area contributed by atoms with Gasteiger partial charge in [0.1, 0.15) is 11.5 Å². The van der Waals surface area contributed by atoms with Crippen LogP contribution in [-0.2, 0) is 4.74 Å². The monoisotopic (exact) mass is 269 g/mol. The second kappa shape index (κ2) is 7.99. The Morgan fingerprint density at radius 1 is 1.21 bits per heavy atom. The Labute approximate surface area is 114 Å². The highest BCUT2D eigenvalue weighted by atomic mass is 16.5. The number of benzene rings is 1. The fourth-order valence-corrected chi connectivity index (χ4v) is 1.85. The molecule has 5 heteroatoms. The zero-order valence-electron chi connectivity index (χ0n) is 12.0. The lowest BCUT2D eigenvalue weighted by atomic mass is 10.1. The van der Waals surface area contributed by atoms with E-state index in [0.717, 1.165) is 17.1 Å². The van der Waals surface area contributed by atoms with Gasteiger partial charge in [-0.1, -0.05) is 6.07 Å². The van der Waals surface area contributed by atoms with Gasteiger partial charge in [-0.2, -0.15) is 0 Å². The average Bonchev–Trinajstić information content (AvgIpc) is 2.44. The van der Waals surface area contributed by atoms with Crippen LogP contribution in [0.2, 0.25) is 0 Å². The molecule has 1 aromatic carbocycles. The van der Waals surface area contributed by atoms with Gasteiger partial charge >= 0.3 is 0 Å². The summed E-state index contributed by atoms with van der Waals surface area (Å²) >= 11 is 0. The quantitative estimate of drug-likeness (QED) is 0.746. The number of aliphatic hydroxyl groups is 1. The molecular weight excluding hydrogens is 246 g/mol. The number of hydrogen-bond donors (Lipinski definition) is 2. The lowest BCUT2D eigenvalue weighted by molar-refractivity contribution is 0.0630. The van der Waals surface area contributed by atoms with Crippen molar-refractivity contribution in [1.82, 2.24) is 5.32 Å². The first-order valence-electron chi connectivity index (χ1n) is 6.24. The highest BCUT2D eigenvalue weighted by Crippen LogP contribution is 2.29. The van der Waals surface area contributed by atoms with Crippen LogP contribution < -0.4 is 14.8 Å². The first-order valence-corrected chi connectivity index (χ1v) is 6.24. The lowest BCUT2D eigenvalue weighted by Crippen LogP contribution is -2.31. The zero-order chi connectivity index (χ0) is 14.3. The Kier molecular flexibility index (Phi) is 6.62. The fourth-order valence-electron chi connectivity index (χ4n) is 1.85. The largest absolute Gasteiger partial charge is 0.497 e. The van der Waals surface area contributed by atoms with Crippen LogP contribution in [0.15, 0.2) is 18.2 Å². The Bertz CT molecular complexity index is 384. The van der Waals surface area contributed by atoms with E-state index in [0.29, 0.717) is 13.2 Å². The van der Waals surface area contributed by atoms with Gasteiger partial charge in [0, 0.05) is 31.3 Å². The molecule has 0 aromatic heterocycles. The third-order valence-electron chi connectivity index (χ3n) is 2.93. The van der Waals surface area contributed by atoms with Crippen LogP contribution in [-0.4, -0.2) is 45.7 Å². The van der Waals surface area contributed by atoms with Gasteiger partial charge in [-0.25, -0.2) is 0 Å². The summed E-state index contributed by atoms with van der Waals surface area (Å²) in [6.07, 6.45) is -0.517. The van der Waals surface area contributed by atoms with Crippen LogP contribution in [0, 0.1) is 0 Å². The molecule has 108 valence electrons. The molecule has 0 saturated heterocycles. The van der Waals surface area contributed by atoms with E-state index in [9.17, 15) is 5.11 Å². The minimum Gasteiger partial charge on any atom is -0.497 e. The normalized spacial score (nSPS) is 13.9. The van der Waals surface area contributed by atoms with Crippen molar-refractivity contribution in [2.45, 2.75) is 19.1 Å². The average molecular weight is 269 g/mol. The van der Waals surface area contributed by atoms with Crippen molar-refractivity contribution in [3.63, 3.8) is 0 Å². The van der Waals surface area contributed by atoms with Crippen molar-refractivity contribution in [1.29, 1.82) is 0 Å². The molecule has 1 rings (SSSR count). The maximum atomic E-state index is 9.61. The highest BCUT2D eigenvalue weighted by Gasteiger charge is 2.13. The molecule has 2 atom stereocenters. The van der Waals surface area contributed by atoms with Crippen molar-refractivity contribution in [2.75, 3.05) is 34.5 Å². The predicted molar refractivity (Wildman–Crippen MR) is 73.8 cm³/mol. The molecule has 0 heterocycles. The minimum absolute atomic E-state index is 0.0624. The molecule has 0 radical (unpaired) electrons. The summed E-state index contributed by atoms with van der Waals surface area (Å²) in [6.45, 7) is 2.80. The molecule has 0 aliphatic rings. The van der Waals surface area contributed by atoms with Crippen molar-refractivity contribution in [3.05, 3.63) is 23.8 Å². The van der Waals surface area contributed by atoms with Crippen molar-refractivity contribution < 1.29 is 19.3 Å². The van der Waals surface area contributed by atoms with Crippen molar-refractivity contribution >= 4 is 0 Å². The van der Waals surface area contributed by atoms with E-state index in [1.165, 1.54) is 0 Å². The van der Waals surface area contributed by atoms with E-state index in [1.807, 2.05) is 25.1 Å². The fraction of sp³-hybridized carbons (Fsp3) is 0.571. The van der Waals surface area contributed by atoms with E-state index in [1.54, 1.807) is 21.3 Å². The summed E-state index contributed by atoms with van der Waals surface area (Å²) in [5.41, 5.74) is 1.02. The molecule has 19 heavy (non-hydrogen) atoms. The molecule has 0 aliphatic carbocycles. The van der Waals surface area contributed by atoms with E-state index >= 15 is 0 Å². The van der Waals surface area contributed by atoms with E-state index in [-0.39, 0.29) is 6.04 Å². The number of aliphatic hydroxyl groups excluding tert-OH is 1. The van der Waals surface area contributed by atoms with Crippen LogP contribution >= 0.6 is 0 Å². The number of hydrogen-bond acceptors (Lipinski definition) is 5. The van der Waals surface area contributed by atoms with Gasteiger partial charge in [0.25, 0.3) is 0 Å². The maximum absolute atomic E-state index is 9.61. The number of rotatable bonds is 8. The SMILES string of the molecule is COCC(O)CNC(C)c1ccc(OC)cc1OC. The molecule has 0 fully saturated rings. The number of ether oxygens (including phenoxy) is 3. The Balaban J connectivity index is 2.68. The minimum atomic E-state index is -0.517. The second-order valence-corrected chi connectivity index (χ2v) is 4.35. The van der Waals surface area contributed by atoms with Crippen LogP contribution in [0.5, 0.6) is 11.5 Å². The zero-order valence-corrected chi connectivity index (χ0v) is 12.0. The molecule has 0 amide bonds. The summed E-state index contributed by atoms with van der Waals surface area (Å²) in [7, 11) is 4.82. The van der Waals surface area contributed by atoms with Crippen LogP contribution in [0.3, 0.4) is 0 Å². The number of nitrogens with one attached hydrogen (secondary N) is 1. The molecule has 5 nitrogen and oxygen atoms in total. The third kappa shape index (κ3) is 4.70. The van der Waals surface area contributed by atoms with Gasteiger partial charge in [-0.05, 0) is 13.0 Å². The van der Waals surface area contributed by atoms with Crippen LogP contribution in [0.4, 0.5) is 0 Å².